The topological polar surface area (TPSA) is 61.3 Å². The number of alkyl halides is 3. The molecule has 172 valence electrons. The van der Waals surface area contributed by atoms with E-state index in [-0.39, 0.29) is 36.6 Å². The van der Waals surface area contributed by atoms with E-state index in [2.05, 4.69) is 9.97 Å². The fraction of sp³-hybridized carbons (Fsp3) is 0.542. The number of esters is 1. The molecule has 2 atom stereocenters. The van der Waals surface area contributed by atoms with E-state index in [0.29, 0.717) is 31.8 Å². The molecule has 0 aromatic carbocycles. The first kappa shape index (κ1) is 22.6. The number of halogens is 3. The van der Waals surface area contributed by atoms with Crippen molar-refractivity contribution in [1.82, 2.24) is 9.97 Å². The van der Waals surface area contributed by atoms with Crippen LogP contribution in [0.25, 0.3) is 11.1 Å². The zero-order chi connectivity index (χ0) is 22.7. The minimum atomic E-state index is -4.09. The molecule has 4 rings (SSSR count). The smallest absolute Gasteiger partial charge is 0.391 e. The minimum Gasteiger partial charge on any atom is -0.492 e. The highest BCUT2D eigenvalue weighted by atomic mass is 19.4. The van der Waals surface area contributed by atoms with Gasteiger partial charge in [-0.05, 0) is 68.7 Å². The van der Waals surface area contributed by atoms with E-state index < -0.39 is 12.1 Å². The van der Waals surface area contributed by atoms with Gasteiger partial charge in [0.1, 0.15) is 5.75 Å². The summed E-state index contributed by atoms with van der Waals surface area (Å²) >= 11 is 0. The normalized spacial score (nSPS) is 25.2. The van der Waals surface area contributed by atoms with Crippen molar-refractivity contribution in [2.45, 2.75) is 51.1 Å². The molecule has 0 aliphatic heterocycles. The van der Waals surface area contributed by atoms with Gasteiger partial charge in [-0.25, -0.2) is 0 Å². The number of aromatic nitrogens is 2. The molecule has 8 heteroatoms. The lowest BCUT2D eigenvalue weighted by Crippen LogP contribution is -2.29. The molecule has 2 heterocycles. The number of nitrogens with zero attached hydrogens (tertiary/aromatic N) is 2. The Labute approximate surface area is 185 Å². The summed E-state index contributed by atoms with van der Waals surface area (Å²) in [5.74, 6) is -0.689. The second-order valence-electron chi connectivity index (χ2n) is 8.65. The Balaban J connectivity index is 1.35. The first-order valence-electron chi connectivity index (χ1n) is 11.1. The molecule has 2 aromatic rings. The van der Waals surface area contributed by atoms with Crippen molar-refractivity contribution in [3.63, 3.8) is 0 Å². The maximum Gasteiger partial charge on any atom is 0.391 e. The molecule has 0 amide bonds. The summed E-state index contributed by atoms with van der Waals surface area (Å²) in [6.07, 6.45) is 3.10. The predicted molar refractivity (Wildman–Crippen MR) is 112 cm³/mol. The quantitative estimate of drug-likeness (QED) is 0.519. The predicted octanol–water partition coefficient (Wildman–Crippen LogP) is 5.56. The highest BCUT2D eigenvalue weighted by Gasteiger charge is 2.46. The van der Waals surface area contributed by atoms with E-state index >= 15 is 0 Å². The standard InChI is InChI=1S/C24H27F3N2O3/c1-2-31-23(30)21-11-20(21)22-10-16(7-8-29-22)17-9-19(13-28-12-17)32-14-15-3-5-18(6-4-15)24(25,26)27/h7-10,12-13,15,18,20-21H,2-6,11,14H2,1H3/t15?,18?,20?,21-/m1/s1. The van der Waals surface area contributed by atoms with E-state index in [4.69, 9.17) is 9.47 Å². The molecule has 0 bridgehead atoms. The van der Waals surface area contributed by atoms with Gasteiger partial charge in [0.25, 0.3) is 0 Å². The van der Waals surface area contributed by atoms with Crippen LogP contribution in [-0.4, -0.2) is 35.3 Å². The lowest BCUT2D eigenvalue weighted by Gasteiger charge is -2.29. The van der Waals surface area contributed by atoms with Crippen LogP contribution in [0.15, 0.2) is 36.8 Å². The van der Waals surface area contributed by atoms with Gasteiger partial charge in [-0.2, -0.15) is 13.2 Å². The van der Waals surface area contributed by atoms with Crippen LogP contribution in [0.5, 0.6) is 5.75 Å². The number of rotatable bonds is 7. The number of pyridine rings is 2. The average molecular weight is 448 g/mol. The van der Waals surface area contributed by atoms with Crippen molar-refractivity contribution in [2.75, 3.05) is 13.2 Å². The first-order chi connectivity index (χ1) is 15.3. The van der Waals surface area contributed by atoms with Gasteiger partial charge in [0.05, 0.1) is 31.2 Å². The molecule has 0 radical (unpaired) electrons. The van der Waals surface area contributed by atoms with Crippen molar-refractivity contribution in [3.05, 3.63) is 42.5 Å². The highest BCUT2D eigenvalue weighted by Crippen LogP contribution is 2.48. The third kappa shape index (κ3) is 5.40. The number of hydrogen-bond acceptors (Lipinski definition) is 5. The first-order valence-corrected chi connectivity index (χ1v) is 11.1. The lowest BCUT2D eigenvalue weighted by molar-refractivity contribution is -0.184. The Bertz CT molecular complexity index is 942. The molecule has 2 aliphatic rings. The molecule has 0 N–H and O–H groups in total. The second kappa shape index (κ2) is 9.46. The molecule has 2 saturated carbocycles. The van der Waals surface area contributed by atoms with E-state index in [0.717, 1.165) is 23.2 Å². The Kier molecular flexibility index (Phi) is 6.67. The third-order valence-electron chi connectivity index (χ3n) is 6.38. The highest BCUT2D eigenvalue weighted by molar-refractivity contribution is 5.77. The Morgan fingerprint density at radius 3 is 2.62 bits per heavy atom. The van der Waals surface area contributed by atoms with Crippen molar-refractivity contribution in [2.24, 2.45) is 17.8 Å². The molecular weight excluding hydrogens is 421 g/mol. The van der Waals surface area contributed by atoms with E-state index in [9.17, 15) is 18.0 Å². The molecule has 5 nitrogen and oxygen atoms in total. The van der Waals surface area contributed by atoms with Gasteiger partial charge in [-0.3, -0.25) is 14.8 Å². The van der Waals surface area contributed by atoms with Crippen LogP contribution in [0, 0.1) is 17.8 Å². The number of carbonyl (C=O) groups is 1. The maximum absolute atomic E-state index is 12.8. The molecular formula is C24H27F3N2O3. The van der Waals surface area contributed by atoms with Crippen LogP contribution in [0.4, 0.5) is 13.2 Å². The third-order valence-corrected chi connectivity index (χ3v) is 6.38. The number of ether oxygens (including phenoxy) is 2. The van der Waals surface area contributed by atoms with E-state index in [1.54, 1.807) is 25.5 Å². The number of carbonyl (C=O) groups excluding carboxylic acids is 1. The van der Waals surface area contributed by atoms with Crippen LogP contribution in [0.3, 0.4) is 0 Å². The van der Waals surface area contributed by atoms with Crippen LogP contribution < -0.4 is 4.74 Å². The zero-order valence-corrected chi connectivity index (χ0v) is 18.0. The lowest BCUT2D eigenvalue weighted by atomic mass is 9.82. The Morgan fingerprint density at radius 2 is 1.91 bits per heavy atom. The van der Waals surface area contributed by atoms with Crippen molar-refractivity contribution in [1.29, 1.82) is 0 Å². The molecule has 1 unspecified atom stereocenters. The molecule has 0 spiro atoms. The van der Waals surface area contributed by atoms with E-state index in [1.807, 2.05) is 18.2 Å². The van der Waals surface area contributed by atoms with Gasteiger partial charge < -0.3 is 9.47 Å². The van der Waals surface area contributed by atoms with Crippen LogP contribution in [0.2, 0.25) is 0 Å². The summed E-state index contributed by atoms with van der Waals surface area (Å²) in [5, 5.41) is 0. The van der Waals surface area contributed by atoms with Crippen LogP contribution in [-0.2, 0) is 9.53 Å². The number of hydrogen-bond donors (Lipinski definition) is 0. The fourth-order valence-electron chi connectivity index (χ4n) is 4.39. The van der Waals surface area contributed by atoms with Gasteiger partial charge in [0, 0.05) is 29.6 Å². The van der Waals surface area contributed by atoms with Gasteiger partial charge in [-0.15, -0.1) is 0 Å². The van der Waals surface area contributed by atoms with Gasteiger partial charge in [-0.1, -0.05) is 0 Å². The summed E-state index contributed by atoms with van der Waals surface area (Å²) in [5.41, 5.74) is 2.64. The zero-order valence-electron chi connectivity index (χ0n) is 18.0. The van der Waals surface area contributed by atoms with Crippen molar-refractivity contribution in [3.8, 4) is 16.9 Å². The largest absolute Gasteiger partial charge is 0.492 e. The minimum absolute atomic E-state index is 0.0771. The Morgan fingerprint density at radius 1 is 1.12 bits per heavy atom. The van der Waals surface area contributed by atoms with E-state index in [1.165, 1.54) is 0 Å². The molecule has 2 fully saturated rings. The second-order valence-corrected chi connectivity index (χ2v) is 8.65. The SMILES string of the molecule is CCOC(=O)[C@@H]1CC1c1cc(-c2cncc(OCC3CCC(C(F)(F)F)CC3)c2)ccn1. The summed E-state index contributed by atoms with van der Waals surface area (Å²) in [6, 6.07) is 5.72. The van der Waals surface area contributed by atoms with Crippen molar-refractivity contribution >= 4 is 5.97 Å². The fourth-order valence-corrected chi connectivity index (χ4v) is 4.39. The Hall–Kier alpha value is -2.64. The molecule has 0 saturated heterocycles. The summed E-state index contributed by atoms with van der Waals surface area (Å²) in [4.78, 5) is 20.6. The van der Waals surface area contributed by atoms with Crippen LogP contribution >= 0.6 is 0 Å². The monoisotopic (exact) mass is 448 g/mol. The summed E-state index contributed by atoms with van der Waals surface area (Å²) in [6.45, 7) is 2.56. The van der Waals surface area contributed by atoms with Crippen LogP contribution in [0.1, 0.15) is 50.6 Å². The van der Waals surface area contributed by atoms with Crippen molar-refractivity contribution < 1.29 is 27.4 Å². The maximum atomic E-state index is 12.8. The van der Waals surface area contributed by atoms with Gasteiger partial charge >= 0.3 is 12.1 Å². The molecule has 32 heavy (non-hydrogen) atoms. The van der Waals surface area contributed by atoms with Gasteiger partial charge in [0.2, 0.25) is 0 Å². The summed E-state index contributed by atoms with van der Waals surface area (Å²) in [7, 11) is 0. The summed E-state index contributed by atoms with van der Waals surface area (Å²) < 4.78 is 49.5. The average Bonchev–Trinajstić information content (AvgIpc) is 3.59. The molecule has 2 aliphatic carbocycles. The molecule has 2 aromatic heterocycles. The van der Waals surface area contributed by atoms with Gasteiger partial charge in [0.15, 0.2) is 0 Å².